The summed E-state index contributed by atoms with van der Waals surface area (Å²) >= 11 is 0. The first-order valence-corrected chi connectivity index (χ1v) is 9.33. The largest absolute Gasteiger partial charge is 0.340 e. The molecule has 4 rings (SSSR count). The number of carbonyl (C=O) groups is 1. The Bertz CT molecular complexity index is 989. The van der Waals surface area contributed by atoms with E-state index in [1.54, 1.807) is 6.92 Å². The molecule has 1 aromatic carbocycles. The van der Waals surface area contributed by atoms with Crippen molar-refractivity contribution in [3.05, 3.63) is 46.9 Å². The summed E-state index contributed by atoms with van der Waals surface area (Å²) in [6, 6.07) is 5.58. The van der Waals surface area contributed by atoms with Gasteiger partial charge < -0.3 is 9.42 Å². The molecule has 0 spiro atoms. The molecule has 1 fully saturated rings. The Morgan fingerprint density at radius 3 is 2.44 bits per heavy atom. The third kappa shape index (κ3) is 3.67. The lowest BCUT2D eigenvalue weighted by molar-refractivity contribution is 0.0689. The molecule has 7 nitrogen and oxygen atoms in total. The van der Waals surface area contributed by atoms with Gasteiger partial charge in [-0.15, -0.1) is 0 Å². The van der Waals surface area contributed by atoms with Gasteiger partial charge in [-0.25, -0.2) is 9.97 Å². The maximum Gasteiger partial charge on any atom is 0.253 e. The maximum absolute atomic E-state index is 12.9. The fraction of sp³-hybridized carbons (Fsp3) is 0.450. The van der Waals surface area contributed by atoms with Crippen molar-refractivity contribution in [2.45, 2.75) is 40.0 Å². The van der Waals surface area contributed by atoms with Crippen LogP contribution in [0.4, 0.5) is 0 Å². The predicted octanol–water partition coefficient (Wildman–Crippen LogP) is 3.03. The van der Waals surface area contributed by atoms with E-state index in [0.717, 1.165) is 60.6 Å². The second-order valence-electron chi connectivity index (χ2n) is 7.27. The molecule has 1 aliphatic heterocycles. The van der Waals surface area contributed by atoms with Gasteiger partial charge >= 0.3 is 0 Å². The fourth-order valence-electron chi connectivity index (χ4n) is 3.57. The number of amides is 1. The summed E-state index contributed by atoms with van der Waals surface area (Å²) in [6.45, 7) is 7.18. The van der Waals surface area contributed by atoms with E-state index in [4.69, 9.17) is 4.52 Å². The molecule has 27 heavy (non-hydrogen) atoms. The minimum atomic E-state index is 0.0609. The van der Waals surface area contributed by atoms with Gasteiger partial charge in [-0.2, -0.15) is 4.98 Å². The van der Waals surface area contributed by atoms with E-state index in [0.29, 0.717) is 17.4 Å². The summed E-state index contributed by atoms with van der Waals surface area (Å²) in [5, 5.41) is 3.97. The van der Waals surface area contributed by atoms with Crippen LogP contribution in [0.25, 0.3) is 11.0 Å². The number of likely N-dealkylation sites (tertiary alicyclic amines) is 1. The van der Waals surface area contributed by atoms with Crippen molar-refractivity contribution in [1.29, 1.82) is 0 Å². The topological polar surface area (TPSA) is 85.0 Å². The third-order valence-electron chi connectivity index (χ3n) is 5.26. The molecule has 1 saturated heterocycles. The molecule has 0 saturated carbocycles. The first-order valence-electron chi connectivity index (χ1n) is 9.33. The van der Waals surface area contributed by atoms with Gasteiger partial charge in [0.15, 0.2) is 5.82 Å². The van der Waals surface area contributed by atoms with Gasteiger partial charge in [0.2, 0.25) is 5.89 Å². The second kappa shape index (κ2) is 7.06. The predicted molar refractivity (Wildman–Crippen MR) is 100 cm³/mol. The monoisotopic (exact) mass is 365 g/mol. The third-order valence-corrected chi connectivity index (χ3v) is 5.26. The van der Waals surface area contributed by atoms with E-state index >= 15 is 0 Å². The molecule has 0 radical (unpaired) electrons. The van der Waals surface area contributed by atoms with E-state index in [-0.39, 0.29) is 5.91 Å². The van der Waals surface area contributed by atoms with Gasteiger partial charge in [-0.1, -0.05) is 5.16 Å². The lowest BCUT2D eigenvalue weighted by Crippen LogP contribution is -2.39. The first kappa shape index (κ1) is 17.6. The van der Waals surface area contributed by atoms with Gasteiger partial charge in [-0.3, -0.25) is 4.79 Å². The van der Waals surface area contributed by atoms with Crippen LogP contribution >= 0.6 is 0 Å². The van der Waals surface area contributed by atoms with Crippen LogP contribution in [-0.2, 0) is 6.42 Å². The Labute approximate surface area is 157 Å². The SMILES string of the molecule is Cc1nc(CC2CCN(C(=O)c3ccc4nc(C)c(C)nc4c3)CC2)no1. The maximum atomic E-state index is 12.9. The molecule has 1 aliphatic rings. The van der Waals surface area contributed by atoms with Crippen LogP contribution in [0.1, 0.15) is 46.3 Å². The molecular weight excluding hydrogens is 342 g/mol. The molecule has 7 heteroatoms. The highest BCUT2D eigenvalue weighted by molar-refractivity contribution is 5.97. The summed E-state index contributed by atoms with van der Waals surface area (Å²) in [5.41, 5.74) is 4.08. The molecule has 140 valence electrons. The average Bonchev–Trinajstić information content (AvgIpc) is 3.07. The summed E-state index contributed by atoms with van der Waals surface area (Å²) < 4.78 is 5.04. The molecule has 0 bridgehead atoms. The van der Waals surface area contributed by atoms with Crippen LogP contribution in [-0.4, -0.2) is 44.0 Å². The number of nitrogens with zero attached hydrogens (tertiary/aromatic N) is 5. The highest BCUT2D eigenvalue weighted by Gasteiger charge is 2.25. The van der Waals surface area contributed by atoms with Crippen LogP contribution < -0.4 is 0 Å². The highest BCUT2D eigenvalue weighted by atomic mass is 16.5. The number of benzene rings is 1. The normalized spacial score (nSPS) is 15.4. The van der Waals surface area contributed by atoms with Crippen molar-refractivity contribution in [2.24, 2.45) is 5.92 Å². The fourth-order valence-corrected chi connectivity index (χ4v) is 3.57. The number of hydrogen-bond donors (Lipinski definition) is 0. The second-order valence-corrected chi connectivity index (χ2v) is 7.27. The number of fused-ring (bicyclic) bond motifs is 1. The molecule has 2 aromatic heterocycles. The number of carbonyl (C=O) groups excluding carboxylic acids is 1. The molecule has 3 heterocycles. The zero-order valence-corrected chi connectivity index (χ0v) is 15.9. The number of aromatic nitrogens is 4. The van der Waals surface area contributed by atoms with Gasteiger partial charge in [0.25, 0.3) is 5.91 Å². The zero-order valence-electron chi connectivity index (χ0n) is 15.9. The zero-order chi connectivity index (χ0) is 19.0. The van der Waals surface area contributed by atoms with Crippen LogP contribution in [0, 0.1) is 26.7 Å². The van der Waals surface area contributed by atoms with Crippen LogP contribution in [0.5, 0.6) is 0 Å². The molecule has 3 aromatic rings. The highest BCUT2D eigenvalue weighted by Crippen LogP contribution is 2.23. The lowest BCUT2D eigenvalue weighted by atomic mass is 9.93. The van der Waals surface area contributed by atoms with Crippen molar-refractivity contribution in [3.8, 4) is 0 Å². The Hall–Kier alpha value is -2.83. The Morgan fingerprint density at radius 2 is 1.78 bits per heavy atom. The quantitative estimate of drug-likeness (QED) is 0.709. The van der Waals surface area contributed by atoms with Crippen LogP contribution in [0.3, 0.4) is 0 Å². The molecule has 0 aliphatic carbocycles. The van der Waals surface area contributed by atoms with Gasteiger partial charge in [0.05, 0.1) is 22.4 Å². The summed E-state index contributed by atoms with van der Waals surface area (Å²) in [6.07, 6.45) is 2.71. The summed E-state index contributed by atoms with van der Waals surface area (Å²) in [5.74, 6) is 1.91. The van der Waals surface area contributed by atoms with Crippen LogP contribution in [0.15, 0.2) is 22.7 Å². The number of piperidine rings is 1. The van der Waals surface area contributed by atoms with Crippen molar-refractivity contribution < 1.29 is 9.32 Å². The Kier molecular flexibility index (Phi) is 4.59. The van der Waals surface area contributed by atoms with Crippen molar-refractivity contribution in [2.75, 3.05) is 13.1 Å². The van der Waals surface area contributed by atoms with E-state index in [1.807, 2.05) is 36.9 Å². The standard InChI is InChI=1S/C20H23N5O2/c1-12-13(2)22-18-11-16(4-5-17(18)21-12)20(26)25-8-6-15(7-9-25)10-19-23-14(3)27-24-19/h4-5,11,15H,6-10H2,1-3H3. The minimum Gasteiger partial charge on any atom is -0.340 e. The molecule has 1 amide bonds. The van der Waals surface area contributed by atoms with E-state index in [2.05, 4.69) is 20.1 Å². The van der Waals surface area contributed by atoms with E-state index < -0.39 is 0 Å². The summed E-state index contributed by atoms with van der Waals surface area (Å²) in [4.78, 5) is 28.2. The molecular formula is C20H23N5O2. The van der Waals surface area contributed by atoms with E-state index in [1.165, 1.54) is 0 Å². The molecule has 0 N–H and O–H groups in total. The number of hydrogen-bond acceptors (Lipinski definition) is 6. The smallest absolute Gasteiger partial charge is 0.253 e. The van der Waals surface area contributed by atoms with Crippen molar-refractivity contribution in [1.82, 2.24) is 25.0 Å². The van der Waals surface area contributed by atoms with Crippen molar-refractivity contribution >= 4 is 16.9 Å². The Balaban J connectivity index is 1.43. The van der Waals surface area contributed by atoms with Gasteiger partial charge in [0, 0.05) is 32.0 Å². The minimum absolute atomic E-state index is 0.0609. The molecule has 0 atom stereocenters. The lowest BCUT2D eigenvalue weighted by Gasteiger charge is -2.31. The number of rotatable bonds is 3. The van der Waals surface area contributed by atoms with E-state index in [9.17, 15) is 4.79 Å². The Morgan fingerprint density at radius 1 is 1.07 bits per heavy atom. The van der Waals surface area contributed by atoms with Crippen molar-refractivity contribution in [3.63, 3.8) is 0 Å². The average molecular weight is 365 g/mol. The summed E-state index contributed by atoms with van der Waals surface area (Å²) in [7, 11) is 0. The van der Waals surface area contributed by atoms with Gasteiger partial charge in [-0.05, 0) is 50.8 Å². The first-order chi connectivity index (χ1) is 13.0. The van der Waals surface area contributed by atoms with Crippen LogP contribution in [0.2, 0.25) is 0 Å². The molecule has 0 unspecified atom stereocenters. The number of aryl methyl sites for hydroxylation is 3. The van der Waals surface area contributed by atoms with Gasteiger partial charge in [0.1, 0.15) is 0 Å².